The lowest BCUT2D eigenvalue weighted by atomic mass is 9.97. The van der Waals surface area contributed by atoms with Gasteiger partial charge in [0.2, 0.25) is 5.91 Å². The number of ether oxygens (including phenoxy) is 1. The van der Waals surface area contributed by atoms with Gasteiger partial charge in [0.1, 0.15) is 0 Å². The first-order chi connectivity index (χ1) is 11.9. The van der Waals surface area contributed by atoms with Crippen LogP contribution in [-0.4, -0.2) is 48.9 Å². The highest BCUT2D eigenvalue weighted by Gasteiger charge is 2.28. The van der Waals surface area contributed by atoms with Gasteiger partial charge in [-0.2, -0.15) is 0 Å². The molecule has 0 radical (unpaired) electrons. The van der Waals surface area contributed by atoms with Crippen LogP contribution in [-0.2, 0) is 14.3 Å². The molecule has 0 atom stereocenters. The van der Waals surface area contributed by atoms with E-state index < -0.39 is 0 Å². The summed E-state index contributed by atoms with van der Waals surface area (Å²) in [5, 5.41) is 2.68. The van der Waals surface area contributed by atoms with E-state index in [0.29, 0.717) is 38.1 Å². The van der Waals surface area contributed by atoms with Crippen molar-refractivity contribution < 1.29 is 19.1 Å². The Morgan fingerprint density at radius 3 is 2.44 bits per heavy atom. The van der Waals surface area contributed by atoms with E-state index in [-0.39, 0.29) is 30.2 Å². The molecule has 1 aromatic carbocycles. The van der Waals surface area contributed by atoms with Crippen molar-refractivity contribution in [3.63, 3.8) is 0 Å². The van der Waals surface area contributed by atoms with Crippen molar-refractivity contribution in [1.29, 1.82) is 0 Å². The average molecular weight is 346 g/mol. The molecule has 0 saturated carbocycles. The van der Waals surface area contributed by atoms with Gasteiger partial charge in [0.05, 0.1) is 19.1 Å². The quantitative estimate of drug-likeness (QED) is 0.826. The Bertz CT molecular complexity index is 649. The largest absolute Gasteiger partial charge is 0.466 e. The Morgan fingerprint density at radius 2 is 1.84 bits per heavy atom. The van der Waals surface area contributed by atoms with E-state index in [2.05, 4.69) is 5.32 Å². The van der Waals surface area contributed by atoms with E-state index in [1.807, 2.05) is 26.0 Å². The minimum atomic E-state index is -0.252. The van der Waals surface area contributed by atoms with Crippen LogP contribution in [0.3, 0.4) is 0 Å². The molecule has 0 unspecified atom stereocenters. The van der Waals surface area contributed by atoms with E-state index in [0.717, 1.165) is 11.1 Å². The van der Waals surface area contributed by atoms with Crippen LogP contribution in [0.25, 0.3) is 0 Å². The van der Waals surface area contributed by atoms with Crippen molar-refractivity contribution in [2.24, 2.45) is 5.92 Å². The molecule has 2 amide bonds. The third-order valence-electron chi connectivity index (χ3n) is 4.64. The molecule has 25 heavy (non-hydrogen) atoms. The van der Waals surface area contributed by atoms with Gasteiger partial charge in [0.15, 0.2) is 0 Å². The van der Waals surface area contributed by atoms with Crippen LogP contribution >= 0.6 is 0 Å². The highest BCUT2D eigenvalue weighted by Crippen LogP contribution is 2.18. The van der Waals surface area contributed by atoms with Crippen molar-refractivity contribution in [3.05, 3.63) is 34.9 Å². The van der Waals surface area contributed by atoms with Gasteiger partial charge in [-0.25, -0.2) is 0 Å². The first-order valence-corrected chi connectivity index (χ1v) is 8.72. The molecule has 1 fully saturated rings. The molecule has 1 aromatic rings. The lowest BCUT2D eigenvalue weighted by Gasteiger charge is -2.31. The second kappa shape index (κ2) is 8.65. The minimum Gasteiger partial charge on any atom is -0.466 e. The number of nitrogens with one attached hydrogen (secondary N) is 1. The fourth-order valence-corrected chi connectivity index (χ4v) is 2.88. The molecule has 0 aliphatic carbocycles. The molecule has 1 heterocycles. The molecule has 1 saturated heterocycles. The zero-order valence-corrected chi connectivity index (χ0v) is 15.1. The second-order valence-corrected chi connectivity index (χ2v) is 6.39. The highest BCUT2D eigenvalue weighted by molar-refractivity contribution is 5.96. The molecule has 0 bridgehead atoms. The van der Waals surface area contributed by atoms with Crippen molar-refractivity contribution in [2.45, 2.75) is 33.6 Å². The molecular formula is C19H26N2O4. The molecule has 1 aliphatic rings. The van der Waals surface area contributed by atoms with Gasteiger partial charge in [-0.15, -0.1) is 0 Å². The van der Waals surface area contributed by atoms with Crippen LogP contribution in [0.1, 0.15) is 41.3 Å². The van der Waals surface area contributed by atoms with E-state index in [1.54, 1.807) is 17.9 Å². The van der Waals surface area contributed by atoms with Crippen LogP contribution in [0.2, 0.25) is 0 Å². The van der Waals surface area contributed by atoms with Crippen molar-refractivity contribution in [1.82, 2.24) is 10.2 Å². The predicted molar refractivity (Wildman–Crippen MR) is 94.2 cm³/mol. The number of amides is 2. The number of aryl methyl sites for hydroxylation is 2. The molecule has 1 aliphatic heterocycles. The van der Waals surface area contributed by atoms with Crippen LogP contribution in [0.15, 0.2) is 18.2 Å². The van der Waals surface area contributed by atoms with Crippen molar-refractivity contribution in [3.8, 4) is 0 Å². The summed E-state index contributed by atoms with van der Waals surface area (Å²) >= 11 is 0. The predicted octanol–water partition coefficient (Wildman–Crippen LogP) is 1.83. The van der Waals surface area contributed by atoms with Gasteiger partial charge in [-0.1, -0.05) is 6.07 Å². The molecule has 136 valence electrons. The number of rotatable bonds is 5. The zero-order valence-electron chi connectivity index (χ0n) is 15.1. The van der Waals surface area contributed by atoms with Crippen LogP contribution in [0.5, 0.6) is 0 Å². The van der Waals surface area contributed by atoms with Crippen molar-refractivity contribution >= 4 is 17.8 Å². The zero-order chi connectivity index (χ0) is 18.4. The number of carbonyl (C=O) groups is 3. The van der Waals surface area contributed by atoms with Crippen LogP contribution in [0, 0.1) is 19.8 Å². The smallest absolute Gasteiger partial charge is 0.309 e. The maximum absolute atomic E-state index is 12.3. The Balaban J connectivity index is 1.80. The van der Waals surface area contributed by atoms with Crippen LogP contribution in [0.4, 0.5) is 0 Å². The monoisotopic (exact) mass is 346 g/mol. The van der Waals surface area contributed by atoms with E-state index in [4.69, 9.17) is 4.74 Å². The fraction of sp³-hybridized carbons (Fsp3) is 0.526. The standard InChI is InChI=1S/C19H26N2O4/c1-4-25-19(24)15-7-9-21(10-8-15)17(22)12-20-18(23)16-6-5-13(2)14(3)11-16/h5-6,11,15H,4,7-10,12H2,1-3H3,(H,20,23). The summed E-state index contributed by atoms with van der Waals surface area (Å²) in [6.07, 6.45) is 1.21. The topological polar surface area (TPSA) is 75.7 Å². The van der Waals surface area contributed by atoms with Gasteiger partial charge in [0.25, 0.3) is 5.91 Å². The minimum absolute atomic E-state index is 0.0319. The van der Waals surface area contributed by atoms with Gasteiger partial charge in [0, 0.05) is 18.7 Å². The lowest BCUT2D eigenvalue weighted by Crippen LogP contribution is -2.45. The second-order valence-electron chi connectivity index (χ2n) is 6.39. The maximum atomic E-state index is 12.3. The average Bonchev–Trinajstić information content (AvgIpc) is 2.62. The fourth-order valence-electron chi connectivity index (χ4n) is 2.88. The summed E-state index contributed by atoms with van der Waals surface area (Å²) in [4.78, 5) is 37.8. The number of hydrogen-bond donors (Lipinski definition) is 1. The number of carbonyl (C=O) groups excluding carboxylic acids is 3. The molecule has 6 nitrogen and oxygen atoms in total. The summed E-state index contributed by atoms with van der Waals surface area (Å²) in [5.41, 5.74) is 2.72. The summed E-state index contributed by atoms with van der Waals surface area (Å²) < 4.78 is 5.02. The molecular weight excluding hydrogens is 320 g/mol. The number of hydrogen-bond acceptors (Lipinski definition) is 4. The van der Waals surface area contributed by atoms with Crippen LogP contribution < -0.4 is 5.32 Å². The van der Waals surface area contributed by atoms with E-state index in [1.165, 1.54) is 0 Å². The van der Waals surface area contributed by atoms with Gasteiger partial charge in [-0.3, -0.25) is 14.4 Å². The third-order valence-corrected chi connectivity index (χ3v) is 4.64. The molecule has 0 spiro atoms. The SMILES string of the molecule is CCOC(=O)C1CCN(C(=O)CNC(=O)c2ccc(C)c(C)c2)CC1. The Hall–Kier alpha value is -2.37. The Morgan fingerprint density at radius 1 is 1.16 bits per heavy atom. The molecule has 2 rings (SSSR count). The Kier molecular flexibility index (Phi) is 6.56. The molecule has 6 heteroatoms. The lowest BCUT2D eigenvalue weighted by molar-refractivity contribution is -0.151. The number of likely N-dealkylation sites (tertiary alicyclic amines) is 1. The first kappa shape index (κ1) is 19.0. The number of esters is 1. The van der Waals surface area contributed by atoms with E-state index >= 15 is 0 Å². The maximum Gasteiger partial charge on any atom is 0.309 e. The summed E-state index contributed by atoms with van der Waals surface area (Å²) in [7, 11) is 0. The first-order valence-electron chi connectivity index (χ1n) is 8.72. The van der Waals surface area contributed by atoms with Crippen molar-refractivity contribution in [2.75, 3.05) is 26.2 Å². The number of piperidine rings is 1. The summed E-state index contributed by atoms with van der Waals surface area (Å²) in [6.45, 7) is 7.10. The van der Waals surface area contributed by atoms with E-state index in [9.17, 15) is 14.4 Å². The third kappa shape index (κ3) is 5.05. The molecule has 1 N–H and O–H groups in total. The normalized spacial score (nSPS) is 14.9. The molecule has 0 aromatic heterocycles. The highest BCUT2D eigenvalue weighted by atomic mass is 16.5. The summed E-state index contributed by atoms with van der Waals surface area (Å²) in [5.74, 6) is -0.691. The number of nitrogens with zero attached hydrogens (tertiary/aromatic N) is 1. The van der Waals surface area contributed by atoms with Gasteiger partial charge in [-0.05, 0) is 56.9 Å². The number of benzene rings is 1. The van der Waals surface area contributed by atoms with Gasteiger partial charge < -0.3 is 15.0 Å². The van der Waals surface area contributed by atoms with Gasteiger partial charge >= 0.3 is 5.97 Å². The Labute approximate surface area is 148 Å². The summed E-state index contributed by atoms with van der Waals surface area (Å²) in [6, 6.07) is 5.47.